The number of carbonyl (C=O) groups is 1. The number of benzene rings is 1. The van der Waals surface area contributed by atoms with E-state index in [1.54, 1.807) is 0 Å². The number of anilines is 1. The molecule has 1 heterocycles. The van der Waals surface area contributed by atoms with Crippen LogP contribution in [0.4, 0.5) is 14.7 Å². The van der Waals surface area contributed by atoms with Crippen LogP contribution in [-0.4, -0.2) is 27.7 Å². The van der Waals surface area contributed by atoms with Gasteiger partial charge in [0.15, 0.2) is 0 Å². The minimum atomic E-state index is -2.93. The van der Waals surface area contributed by atoms with Crippen LogP contribution in [0.1, 0.15) is 10.4 Å². The fourth-order valence-electron chi connectivity index (χ4n) is 1.26. The number of rotatable bonds is 4. The maximum Gasteiger partial charge on any atom is 0.387 e. The lowest BCUT2D eigenvalue weighted by Gasteiger charge is -2.06. The van der Waals surface area contributed by atoms with Gasteiger partial charge in [0.2, 0.25) is 5.95 Å². The lowest BCUT2D eigenvalue weighted by molar-refractivity contribution is -0.0498. The smallest absolute Gasteiger partial charge is 0.387 e. The number of aromatic nitrogens is 3. The van der Waals surface area contributed by atoms with Crippen molar-refractivity contribution in [3.05, 3.63) is 36.2 Å². The van der Waals surface area contributed by atoms with E-state index in [4.69, 9.17) is 0 Å². The molecule has 2 rings (SSSR count). The maximum atomic E-state index is 12.0. The molecular weight excluding hydrogens is 246 g/mol. The highest BCUT2D eigenvalue weighted by Gasteiger charge is 2.10. The number of aromatic amines is 1. The number of amides is 1. The van der Waals surface area contributed by atoms with Crippen LogP contribution in [0.2, 0.25) is 0 Å². The van der Waals surface area contributed by atoms with Crippen LogP contribution in [0, 0.1) is 0 Å². The molecule has 0 bridgehead atoms. The highest BCUT2D eigenvalue weighted by molar-refractivity contribution is 6.03. The fraction of sp³-hybridized carbons (Fsp3) is 0.100. The van der Waals surface area contributed by atoms with Crippen molar-refractivity contribution in [2.75, 3.05) is 5.32 Å². The third-order valence-corrected chi connectivity index (χ3v) is 1.97. The summed E-state index contributed by atoms with van der Waals surface area (Å²) in [6.07, 6.45) is 1.23. The van der Waals surface area contributed by atoms with Crippen molar-refractivity contribution in [3.63, 3.8) is 0 Å². The molecule has 0 fully saturated rings. The Hall–Kier alpha value is -2.51. The fourth-order valence-corrected chi connectivity index (χ4v) is 1.26. The number of halogens is 2. The quantitative estimate of drug-likeness (QED) is 0.869. The van der Waals surface area contributed by atoms with Crippen molar-refractivity contribution >= 4 is 11.9 Å². The molecule has 2 N–H and O–H groups in total. The van der Waals surface area contributed by atoms with E-state index in [2.05, 4.69) is 25.2 Å². The first-order chi connectivity index (χ1) is 8.65. The first kappa shape index (κ1) is 12.0. The molecule has 94 valence electrons. The van der Waals surface area contributed by atoms with Gasteiger partial charge >= 0.3 is 6.61 Å². The summed E-state index contributed by atoms with van der Waals surface area (Å²) in [5.41, 5.74) is 0.171. The number of hydrogen-bond donors (Lipinski definition) is 2. The molecule has 0 saturated carbocycles. The second-order valence-electron chi connectivity index (χ2n) is 3.19. The first-order valence-corrected chi connectivity index (χ1v) is 4.87. The van der Waals surface area contributed by atoms with E-state index in [0.717, 1.165) is 0 Å². The monoisotopic (exact) mass is 254 g/mol. The summed E-state index contributed by atoms with van der Waals surface area (Å²) in [5, 5.41) is 8.40. The Balaban J connectivity index is 2.10. The van der Waals surface area contributed by atoms with Crippen molar-refractivity contribution in [3.8, 4) is 5.75 Å². The molecule has 0 aliphatic carbocycles. The molecule has 0 aliphatic rings. The van der Waals surface area contributed by atoms with Gasteiger partial charge in [0.1, 0.15) is 12.1 Å². The van der Waals surface area contributed by atoms with E-state index in [-0.39, 0.29) is 17.3 Å². The van der Waals surface area contributed by atoms with Gasteiger partial charge in [-0.05, 0) is 18.2 Å². The predicted octanol–water partition coefficient (Wildman–Crippen LogP) is 1.66. The second kappa shape index (κ2) is 5.21. The predicted molar refractivity (Wildman–Crippen MR) is 57.4 cm³/mol. The average Bonchev–Trinajstić information content (AvgIpc) is 2.81. The lowest BCUT2D eigenvalue weighted by atomic mass is 10.2. The number of carbonyl (C=O) groups excluding carboxylic acids is 1. The molecule has 1 aromatic carbocycles. The topological polar surface area (TPSA) is 79.9 Å². The molecule has 6 nitrogen and oxygen atoms in total. The van der Waals surface area contributed by atoms with Crippen molar-refractivity contribution in [1.29, 1.82) is 0 Å². The summed E-state index contributed by atoms with van der Waals surface area (Å²) in [4.78, 5) is 15.4. The number of nitrogens with zero attached hydrogens (tertiary/aromatic N) is 2. The normalized spacial score (nSPS) is 10.4. The molecule has 0 spiro atoms. The van der Waals surface area contributed by atoms with Gasteiger partial charge in [-0.15, -0.1) is 0 Å². The molecule has 1 amide bonds. The average molecular weight is 254 g/mol. The summed E-state index contributed by atoms with van der Waals surface area (Å²) in [6, 6.07) is 5.44. The van der Waals surface area contributed by atoms with Crippen molar-refractivity contribution in [2.45, 2.75) is 6.61 Å². The zero-order chi connectivity index (χ0) is 13.0. The van der Waals surface area contributed by atoms with Crippen molar-refractivity contribution < 1.29 is 18.3 Å². The Morgan fingerprint density at radius 3 is 2.94 bits per heavy atom. The molecule has 0 saturated heterocycles. The molecule has 1 aromatic heterocycles. The third-order valence-electron chi connectivity index (χ3n) is 1.97. The molecule has 0 unspecified atom stereocenters. The Kier molecular flexibility index (Phi) is 3.46. The molecular formula is C10H8F2N4O2. The van der Waals surface area contributed by atoms with E-state index >= 15 is 0 Å². The highest BCUT2D eigenvalue weighted by atomic mass is 19.3. The molecule has 0 atom stereocenters. The van der Waals surface area contributed by atoms with Crippen LogP contribution in [-0.2, 0) is 0 Å². The molecule has 8 heteroatoms. The van der Waals surface area contributed by atoms with Crippen LogP contribution in [0.5, 0.6) is 5.75 Å². The summed E-state index contributed by atoms with van der Waals surface area (Å²) in [5.74, 6) is -0.429. The number of H-pyrrole nitrogens is 1. The van der Waals surface area contributed by atoms with Crippen molar-refractivity contribution in [1.82, 2.24) is 15.2 Å². The Labute approximate surface area is 100.0 Å². The largest absolute Gasteiger partial charge is 0.435 e. The van der Waals surface area contributed by atoms with Gasteiger partial charge in [0.25, 0.3) is 5.91 Å². The minimum absolute atomic E-state index is 0.0878. The number of nitrogens with one attached hydrogen (secondary N) is 2. The van der Waals surface area contributed by atoms with Gasteiger partial charge in [0, 0.05) is 5.56 Å². The standard InChI is InChI=1S/C10H8F2N4O2/c11-9(12)18-7-3-1-2-6(4-7)8(17)15-10-13-5-14-16-10/h1-5,9H,(H2,13,14,15,16,17). The van der Waals surface area contributed by atoms with Crippen molar-refractivity contribution in [2.24, 2.45) is 0 Å². The SMILES string of the molecule is O=C(Nc1ncn[nH]1)c1cccc(OC(F)F)c1. The van der Waals surface area contributed by atoms with E-state index in [1.165, 1.54) is 30.6 Å². The van der Waals surface area contributed by atoms with Crippen LogP contribution in [0.3, 0.4) is 0 Å². The molecule has 0 aliphatic heterocycles. The summed E-state index contributed by atoms with van der Waals surface area (Å²) in [6.45, 7) is -2.93. The molecule has 2 aromatic rings. The maximum absolute atomic E-state index is 12.0. The van der Waals surface area contributed by atoms with Crippen LogP contribution < -0.4 is 10.1 Å². The second-order valence-corrected chi connectivity index (χ2v) is 3.19. The number of ether oxygens (including phenoxy) is 1. The zero-order valence-electron chi connectivity index (χ0n) is 8.93. The summed E-state index contributed by atoms with van der Waals surface area (Å²) >= 11 is 0. The van der Waals surface area contributed by atoms with Crippen LogP contribution in [0.25, 0.3) is 0 Å². The summed E-state index contributed by atoms with van der Waals surface area (Å²) in [7, 11) is 0. The van der Waals surface area contributed by atoms with Gasteiger partial charge in [-0.2, -0.15) is 18.9 Å². The van der Waals surface area contributed by atoms with Gasteiger partial charge in [0.05, 0.1) is 0 Å². The van der Waals surface area contributed by atoms with Gasteiger partial charge in [-0.3, -0.25) is 10.1 Å². The van der Waals surface area contributed by atoms with Crippen LogP contribution in [0.15, 0.2) is 30.6 Å². The Morgan fingerprint density at radius 2 is 2.28 bits per heavy atom. The van der Waals surface area contributed by atoms with Crippen LogP contribution >= 0.6 is 0 Å². The van der Waals surface area contributed by atoms with Gasteiger partial charge < -0.3 is 4.74 Å². The third kappa shape index (κ3) is 3.00. The minimum Gasteiger partial charge on any atom is -0.435 e. The van der Waals surface area contributed by atoms with Gasteiger partial charge in [-0.25, -0.2) is 5.10 Å². The highest BCUT2D eigenvalue weighted by Crippen LogP contribution is 2.16. The Bertz CT molecular complexity index is 530. The lowest BCUT2D eigenvalue weighted by Crippen LogP contribution is -2.13. The Morgan fingerprint density at radius 1 is 1.44 bits per heavy atom. The van der Waals surface area contributed by atoms with E-state index in [1.807, 2.05) is 0 Å². The van der Waals surface area contributed by atoms with Gasteiger partial charge in [-0.1, -0.05) is 6.07 Å². The van der Waals surface area contributed by atoms with E-state index in [0.29, 0.717) is 0 Å². The van der Waals surface area contributed by atoms with E-state index in [9.17, 15) is 13.6 Å². The first-order valence-electron chi connectivity index (χ1n) is 4.87. The number of hydrogen-bond acceptors (Lipinski definition) is 4. The molecule has 0 radical (unpaired) electrons. The molecule has 18 heavy (non-hydrogen) atoms. The summed E-state index contributed by atoms with van der Waals surface area (Å²) < 4.78 is 28.2. The van der Waals surface area contributed by atoms with E-state index < -0.39 is 12.5 Å². The zero-order valence-corrected chi connectivity index (χ0v) is 8.93. The number of alkyl halides is 2.